The Balaban J connectivity index is 0.00000220. The molecule has 1 aliphatic carbocycles. The highest BCUT2D eigenvalue weighted by Gasteiger charge is 2.24. The van der Waals surface area contributed by atoms with Gasteiger partial charge in [-0.3, -0.25) is 4.79 Å². The van der Waals surface area contributed by atoms with Crippen LogP contribution in [0, 0.1) is 0 Å². The number of hydrogen-bond acceptors (Lipinski definition) is 3. The van der Waals surface area contributed by atoms with Crippen molar-refractivity contribution in [2.75, 3.05) is 14.1 Å². The number of nitrogens with one attached hydrogen (secondary N) is 1. The van der Waals surface area contributed by atoms with Crippen LogP contribution in [0.5, 0.6) is 0 Å². The second-order valence-electron chi connectivity index (χ2n) is 5.86. The van der Waals surface area contributed by atoms with E-state index < -0.39 is 0 Å². The number of carbonyl (C=O) groups excluding carboxylic acids is 1. The van der Waals surface area contributed by atoms with Crippen molar-refractivity contribution < 1.29 is 4.79 Å². The van der Waals surface area contributed by atoms with E-state index in [0.29, 0.717) is 18.2 Å². The summed E-state index contributed by atoms with van der Waals surface area (Å²) >= 11 is 0. The molecule has 3 N–H and O–H groups in total. The van der Waals surface area contributed by atoms with Gasteiger partial charge in [-0.05, 0) is 57.5 Å². The quantitative estimate of drug-likeness (QED) is 0.896. The van der Waals surface area contributed by atoms with Gasteiger partial charge >= 0.3 is 0 Å². The van der Waals surface area contributed by atoms with Crippen LogP contribution >= 0.6 is 12.4 Å². The van der Waals surface area contributed by atoms with E-state index in [4.69, 9.17) is 5.73 Å². The molecule has 0 aromatic heterocycles. The summed E-state index contributed by atoms with van der Waals surface area (Å²) in [6.07, 6.45) is 4.53. The molecule has 2 unspecified atom stereocenters. The van der Waals surface area contributed by atoms with Gasteiger partial charge in [-0.25, -0.2) is 0 Å². The van der Waals surface area contributed by atoms with Crippen LogP contribution < -0.4 is 11.1 Å². The lowest BCUT2D eigenvalue weighted by molar-refractivity contribution is 0.0911. The number of rotatable bonds is 4. The van der Waals surface area contributed by atoms with Gasteiger partial charge in [-0.1, -0.05) is 12.1 Å². The molecule has 0 radical (unpaired) electrons. The molecule has 1 saturated carbocycles. The lowest BCUT2D eigenvalue weighted by atomic mass is 9.90. The summed E-state index contributed by atoms with van der Waals surface area (Å²) in [5.41, 5.74) is 7.33. The van der Waals surface area contributed by atoms with E-state index in [1.807, 2.05) is 24.3 Å². The Hall–Kier alpha value is -1.10. The maximum atomic E-state index is 12.2. The lowest BCUT2D eigenvalue weighted by Gasteiger charge is -2.33. The molecule has 0 spiro atoms. The molecule has 1 aromatic rings. The van der Waals surface area contributed by atoms with Crippen LogP contribution in [0.3, 0.4) is 0 Å². The van der Waals surface area contributed by atoms with Crippen LogP contribution in [0.4, 0.5) is 0 Å². The highest BCUT2D eigenvalue weighted by Crippen LogP contribution is 2.21. The number of benzene rings is 1. The fourth-order valence-electron chi connectivity index (χ4n) is 2.83. The van der Waals surface area contributed by atoms with Crippen molar-refractivity contribution in [1.82, 2.24) is 10.2 Å². The van der Waals surface area contributed by atoms with Gasteiger partial charge < -0.3 is 16.0 Å². The summed E-state index contributed by atoms with van der Waals surface area (Å²) in [4.78, 5) is 14.5. The Labute approximate surface area is 133 Å². The monoisotopic (exact) mass is 311 g/mol. The highest BCUT2D eigenvalue weighted by molar-refractivity contribution is 5.94. The molecule has 4 nitrogen and oxygen atoms in total. The van der Waals surface area contributed by atoms with Gasteiger partial charge in [0.2, 0.25) is 0 Å². The second kappa shape index (κ2) is 8.37. The first-order valence-corrected chi connectivity index (χ1v) is 7.36. The third-order valence-corrected chi connectivity index (χ3v) is 4.16. The average Bonchev–Trinajstić information content (AvgIpc) is 2.47. The van der Waals surface area contributed by atoms with Crippen LogP contribution in [-0.2, 0) is 6.54 Å². The van der Waals surface area contributed by atoms with E-state index in [0.717, 1.165) is 18.4 Å². The average molecular weight is 312 g/mol. The third-order valence-electron chi connectivity index (χ3n) is 4.16. The molecule has 1 fully saturated rings. The minimum atomic E-state index is 0. The van der Waals surface area contributed by atoms with Gasteiger partial charge in [-0.2, -0.15) is 0 Å². The molecule has 1 aliphatic rings. The van der Waals surface area contributed by atoms with Crippen molar-refractivity contribution in [2.45, 2.75) is 44.3 Å². The normalized spacial score (nSPS) is 21.7. The molecule has 1 aromatic carbocycles. The first-order chi connectivity index (χ1) is 9.60. The zero-order chi connectivity index (χ0) is 14.5. The summed E-state index contributed by atoms with van der Waals surface area (Å²) in [5.74, 6) is 0.0259. The molecule has 118 valence electrons. The second-order valence-corrected chi connectivity index (χ2v) is 5.86. The fourth-order valence-corrected chi connectivity index (χ4v) is 2.83. The first kappa shape index (κ1) is 18.0. The molecule has 0 heterocycles. The third kappa shape index (κ3) is 4.99. The van der Waals surface area contributed by atoms with Gasteiger partial charge in [0.05, 0.1) is 0 Å². The molecular weight excluding hydrogens is 286 g/mol. The SMILES string of the molecule is CN(C)C1CCCC(NC(=O)c2ccc(CN)cc2)C1.Cl. The predicted octanol–water partition coefficient (Wildman–Crippen LogP) is 2.17. The predicted molar refractivity (Wildman–Crippen MR) is 88.8 cm³/mol. The number of nitrogens with zero attached hydrogens (tertiary/aromatic N) is 1. The Morgan fingerprint density at radius 3 is 2.52 bits per heavy atom. The molecule has 2 rings (SSSR count). The van der Waals surface area contributed by atoms with Gasteiger partial charge in [0.25, 0.3) is 5.91 Å². The van der Waals surface area contributed by atoms with E-state index in [1.54, 1.807) is 0 Å². The zero-order valence-corrected chi connectivity index (χ0v) is 13.7. The molecule has 0 aliphatic heterocycles. The zero-order valence-electron chi connectivity index (χ0n) is 12.8. The van der Waals surface area contributed by atoms with Gasteiger partial charge in [-0.15, -0.1) is 12.4 Å². The summed E-state index contributed by atoms with van der Waals surface area (Å²) in [6.45, 7) is 0.509. The van der Waals surface area contributed by atoms with Crippen molar-refractivity contribution in [3.05, 3.63) is 35.4 Å². The van der Waals surface area contributed by atoms with Crippen LogP contribution in [0.1, 0.15) is 41.6 Å². The molecule has 2 atom stereocenters. The molecular formula is C16H26ClN3O. The van der Waals surface area contributed by atoms with Crippen molar-refractivity contribution >= 4 is 18.3 Å². The topological polar surface area (TPSA) is 58.4 Å². The van der Waals surface area contributed by atoms with Crippen molar-refractivity contribution in [3.8, 4) is 0 Å². The smallest absolute Gasteiger partial charge is 0.251 e. The number of carbonyl (C=O) groups is 1. The maximum Gasteiger partial charge on any atom is 0.251 e. The van der Waals surface area contributed by atoms with Gasteiger partial charge in [0.1, 0.15) is 0 Å². The number of nitrogens with two attached hydrogens (primary N) is 1. The minimum Gasteiger partial charge on any atom is -0.349 e. The first-order valence-electron chi connectivity index (χ1n) is 7.36. The van der Waals surface area contributed by atoms with E-state index in [9.17, 15) is 4.79 Å². The summed E-state index contributed by atoms with van der Waals surface area (Å²) in [6, 6.07) is 8.40. The van der Waals surface area contributed by atoms with Crippen LogP contribution in [0.25, 0.3) is 0 Å². The van der Waals surface area contributed by atoms with E-state index >= 15 is 0 Å². The Kier molecular flexibility index (Phi) is 7.15. The molecule has 0 bridgehead atoms. The Morgan fingerprint density at radius 1 is 1.29 bits per heavy atom. The standard InChI is InChI=1S/C16H25N3O.ClH/c1-19(2)15-5-3-4-14(10-15)18-16(20)13-8-6-12(11-17)7-9-13;/h6-9,14-15H,3-5,10-11,17H2,1-2H3,(H,18,20);1H. The molecule has 1 amide bonds. The molecule has 0 saturated heterocycles. The minimum absolute atomic E-state index is 0. The highest BCUT2D eigenvalue weighted by atomic mass is 35.5. The fraction of sp³-hybridized carbons (Fsp3) is 0.562. The molecule has 21 heavy (non-hydrogen) atoms. The number of amides is 1. The lowest BCUT2D eigenvalue weighted by Crippen LogP contribution is -2.43. The van der Waals surface area contributed by atoms with Crippen molar-refractivity contribution in [2.24, 2.45) is 5.73 Å². The largest absolute Gasteiger partial charge is 0.349 e. The van der Waals surface area contributed by atoms with E-state index in [1.165, 1.54) is 12.8 Å². The number of halogens is 1. The van der Waals surface area contributed by atoms with Crippen molar-refractivity contribution in [3.63, 3.8) is 0 Å². The van der Waals surface area contributed by atoms with Gasteiger partial charge in [0.15, 0.2) is 0 Å². The molecule has 5 heteroatoms. The summed E-state index contributed by atoms with van der Waals surface area (Å²) < 4.78 is 0. The van der Waals surface area contributed by atoms with E-state index in [-0.39, 0.29) is 24.4 Å². The summed E-state index contributed by atoms with van der Waals surface area (Å²) in [7, 11) is 4.22. The van der Waals surface area contributed by atoms with Crippen molar-refractivity contribution in [1.29, 1.82) is 0 Å². The Morgan fingerprint density at radius 2 is 1.95 bits per heavy atom. The number of hydrogen-bond donors (Lipinski definition) is 2. The Bertz CT molecular complexity index is 447. The van der Waals surface area contributed by atoms with Crippen LogP contribution in [-0.4, -0.2) is 37.0 Å². The summed E-state index contributed by atoms with van der Waals surface area (Å²) in [5, 5.41) is 3.16. The van der Waals surface area contributed by atoms with E-state index in [2.05, 4.69) is 24.3 Å². The van der Waals surface area contributed by atoms with Crippen LogP contribution in [0.15, 0.2) is 24.3 Å². The van der Waals surface area contributed by atoms with Gasteiger partial charge in [0, 0.05) is 24.2 Å². The van der Waals surface area contributed by atoms with Crippen LogP contribution in [0.2, 0.25) is 0 Å². The maximum absolute atomic E-state index is 12.2.